The third-order valence-corrected chi connectivity index (χ3v) is 4.59. The van der Waals surface area contributed by atoms with Crippen LogP contribution in [-0.4, -0.2) is 6.54 Å². The van der Waals surface area contributed by atoms with Crippen LogP contribution in [0.4, 0.5) is 4.39 Å². The highest BCUT2D eigenvalue weighted by atomic mass is 79.9. The Labute approximate surface area is 133 Å². The Morgan fingerprint density at radius 2 is 2.10 bits per heavy atom. The van der Waals surface area contributed by atoms with Crippen molar-refractivity contribution in [1.29, 1.82) is 0 Å². The summed E-state index contributed by atoms with van der Waals surface area (Å²) in [4.78, 5) is 0. The standard InChI is InChI=1S/C18H19BrFN/c1-2-9-21-18-8-4-12-10-13(3-6-15(12)18)16-11-14(19)5-7-17(16)20/h3,5-7,10-11,18,21H,2,4,8-9H2,1H3. The smallest absolute Gasteiger partial charge is 0.131 e. The highest BCUT2D eigenvalue weighted by Crippen LogP contribution is 2.35. The summed E-state index contributed by atoms with van der Waals surface area (Å²) in [6.45, 7) is 3.23. The van der Waals surface area contributed by atoms with Crippen LogP contribution < -0.4 is 5.32 Å². The van der Waals surface area contributed by atoms with E-state index in [1.54, 1.807) is 6.07 Å². The van der Waals surface area contributed by atoms with E-state index in [0.717, 1.165) is 35.8 Å². The molecule has 3 heteroatoms. The van der Waals surface area contributed by atoms with E-state index in [-0.39, 0.29) is 5.82 Å². The van der Waals surface area contributed by atoms with Gasteiger partial charge in [0.05, 0.1) is 0 Å². The summed E-state index contributed by atoms with van der Waals surface area (Å²) >= 11 is 3.42. The monoisotopic (exact) mass is 347 g/mol. The average molecular weight is 348 g/mol. The van der Waals surface area contributed by atoms with E-state index in [1.807, 2.05) is 12.1 Å². The van der Waals surface area contributed by atoms with Crippen molar-refractivity contribution in [3.63, 3.8) is 0 Å². The Morgan fingerprint density at radius 1 is 1.24 bits per heavy atom. The molecular weight excluding hydrogens is 329 g/mol. The van der Waals surface area contributed by atoms with Gasteiger partial charge in [0, 0.05) is 16.1 Å². The summed E-state index contributed by atoms with van der Waals surface area (Å²) in [6.07, 6.45) is 3.35. The van der Waals surface area contributed by atoms with E-state index >= 15 is 0 Å². The third kappa shape index (κ3) is 3.04. The number of hydrogen-bond donors (Lipinski definition) is 1. The van der Waals surface area contributed by atoms with Crippen LogP contribution in [0.25, 0.3) is 11.1 Å². The van der Waals surface area contributed by atoms with Gasteiger partial charge in [0.2, 0.25) is 0 Å². The fraction of sp³-hybridized carbons (Fsp3) is 0.333. The molecule has 1 atom stereocenters. The molecule has 0 aliphatic heterocycles. The van der Waals surface area contributed by atoms with E-state index in [1.165, 1.54) is 17.2 Å². The van der Waals surface area contributed by atoms with E-state index in [0.29, 0.717) is 11.6 Å². The fourth-order valence-corrected chi connectivity index (χ4v) is 3.40. The van der Waals surface area contributed by atoms with Gasteiger partial charge in [-0.25, -0.2) is 4.39 Å². The second-order valence-corrected chi connectivity index (χ2v) is 6.50. The van der Waals surface area contributed by atoms with E-state index in [2.05, 4.69) is 40.3 Å². The summed E-state index contributed by atoms with van der Waals surface area (Å²) < 4.78 is 14.9. The molecule has 0 radical (unpaired) electrons. The van der Waals surface area contributed by atoms with Crippen molar-refractivity contribution in [2.75, 3.05) is 6.54 Å². The molecule has 2 aromatic rings. The van der Waals surface area contributed by atoms with Crippen molar-refractivity contribution in [3.8, 4) is 11.1 Å². The Kier molecular flexibility index (Phi) is 4.41. The van der Waals surface area contributed by atoms with Crippen molar-refractivity contribution in [2.24, 2.45) is 0 Å². The van der Waals surface area contributed by atoms with Crippen LogP contribution in [0.2, 0.25) is 0 Å². The second-order valence-electron chi connectivity index (χ2n) is 5.58. The molecule has 0 bridgehead atoms. The molecule has 0 aromatic heterocycles. The largest absolute Gasteiger partial charge is 0.310 e. The van der Waals surface area contributed by atoms with Crippen LogP contribution in [0.5, 0.6) is 0 Å². The normalized spacial score (nSPS) is 17.0. The SMILES string of the molecule is CCCNC1CCc2cc(-c3cc(Br)ccc3F)ccc21. The van der Waals surface area contributed by atoms with Crippen LogP contribution in [0.15, 0.2) is 40.9 Å². The number of rotatable bonds is 4. The zero-order valence-corrected chi connectivity index (χ0v) is 13.7. The van der Waals surface area contributed by atoms with E-state index in [9.17, 15) is 4.39 Å². The maximum Gasteiger partial charge on any atom is 0.131 e. The number of benzene rings is 2. The Hall–Kier alpha value is -1.19. The van der Waals surface area contributed by atoms with Crippen LogP contribution in [0.3, 0.4) is 0 Å². The number of halogens is 2. The summed E-state index contributed by atoms with van der Waals surface area (Å²) in [5, 5.41) is 3.59. The van der Waals surface area contributed by atoms with Gasteiger partial charge in [-0.2, -0.15) is 0 Å². The molecular formula is C18H19BrFN. The maximum absolute atomic E-state index is 14.0. The molecule has 2 aromatic carbocycles. The molecule has 0 fully saturated rings. The predicted molar refractivity (Wildman–Crippen MR) is 88.9 cm³/mol. The van der Waals surface area contributed by atoms with Gasteiger partial charge in [-0.15, -0.1) is 0 Å². The second kappa shape index (κ2) is 6.29. The first-order chi connectivity index (χ1) is 10.2. The van der Waals surface area contributed by atoms with Gasteiger partial charge in [-0.1, -0.05) is 41.1 Å². The van der Waals surface area contributed by atoms with Crippen LogP contribution in [-0.2, 0) is 6.42 Å². The minimum atomic E-state index is -0.170. The third-order valence-electron chi connectivity index (χ3n) is 4.10. The molecule has 3 rings (SSSR count). The van der Waals surface area contributed by atoms with Crippen molar-refractivity contribution >= 4 is 15.9 Å². The molecule has 110 valence electrons. The quantitative estimate of drug-likeness (QED) is 0.797. The molecule has 1 N–H and O–H groups in total. The van der Waals surface area contributed by atoms with Crippen LogP contribution in [0, 0.1) is 5.82 Å². The van der Waals surface area contributed by atoms with Crippen LogP contribution in [0.1, 0.15) is 36.9 Å². The molecule has 1 aliphatic carbocycles. The lowest BCUT2D eigenvalue weighted by atomic mass is 9.99. The minimum Gasteiger partial charge on any atom is -0.310 e. The highest BCUT2D eigenvalue weighted by molar-refractivity contribution is 9.10. The molecule has 1 unspecified atom stereocenters. The van der Waals surface area contributed by atoms with Gasteiger partial charge in [-0.3, -0.25) is 0 Å². The van der Waals surface area contributed by atoms with Gasteiger partial charge in [-0.05, 0) is 60.7 Å². The summed E-state index contributed by atoms with van der Waals surface area (Å²) in [6, 6.07) is 11.9. The molecule has 1 nitrogen and oxygen atoms in total. The molecule has 0 amide bonds. The number of nitrogens with one attached hydrogen (secondary N) is 1. The lowest BCUT2D eigenvalue weighted by Crippen LogP contribution is -2.19. The Balaban J connectivity index is 1.92. The molecule has 0 heterocycles. The summed E-state index contributed by atoms with van der Waals surface area (Å²) in [7, 11) is 0. The van der Waals surface area contributed by atoms with Gasteiger partial charge >= 0.3 is 0 Å². The predicted octanol–water partition coefficient (Wildman–Crippen LogP) is 5.24. The molecule has 21 heavy (non-hydrogen) atoms. The lowest BCUT2D eigenvalue weighted by Gasteiger charge is -2.14. The van der Waals surface area contributed by atoms with E-state index < -0.39 is 0 Å². The number of fused-ring (bicyclic) bond motifs is 1. The fourth-order valence-electron chi connectivity index (χ4n) is 3.03. The average Bonchev–Trinajstić information content (AvgIpc) is 2.90. The van der Waals surface area contributed by atoms with E-state index in [4.69, 9.17) is 0 Å². The summed E-state index contributed by atoms with van der Waals surface area (Å²) in [5.41, 5.74) is 4.35. The van der Waals surface area contributed by atoms with Gasteiger partial charge in [0.15, 0.2) is 0 Å². The van der Waals surface area contributed by atoms with Crippen molar-refractivity contribution in [2.45, 2.75) is 32.2 Å². The van der Waals surface area contributed by atoms with Gasteiger partial charge in [0.25, 0.3) is 0 Å². The molecule has 0 saturated carbocycles. The zero-order valence-electron chi connectivity index (χ0n) is 12.1. The minimum absolute atomic E-state index is 0.170. The number of hydrogen-bond acceptors (Lipinski definition) is 1. The molecule has 1 aliphatic rings. The first-order valence-electron chi connectivity index (χ1n) is 7.50. The van der Waals surface area contributed by atoms with Crippen LogP contribution >= 0.6 is 15.9 Å². The topological polar surface area (TPSA) is 12.0 Å². The first kappa shape index (κ1) is 14.7. The Morgan fingerprint density at radius 3 is 2.90 bits per heavy atom. The van der Waals surface area contributed by atoms with Gasteiger partial charge < -0.3 is 5.32 Å². The van der Waals surface area contributed by atoms with Crippen molar-refractivity contribution in [1.82, 2.24) is 5.32 Å². The number of aryl methyl sites for hydroxylation is 1. The highest BCUT2D eigenvalue weighted by Gasteiger charge is 2.22. The molecule has 0 saturated heterocycles. The first-order valence-corrected chi connectivity index (χ1v) is 8.30. The Bertz CT molecular complexity index is 654. The maximum atomic E-state index is 14.0. The van der Waals surface area contributed by atoms with Gasteiger partial charge in [0.1, 0.15) is 5.82 Å². The van der Waals surface area contributed by atoms with Crippen molar-refractivity contribution in [3.05, 3.63) is 57.8 Å². The lowest BCUT2D eigenvalue weighted by molar-refractivity contribution is 0.529. The van der Waals surface area contributed by atoms with Crippen molar-refractivity contribution < 1.29 is 4.39 Å². The molecule has 0 spiro atoms. The summed E-state index contributed by atoms with van der Waals surface area (Å²) in [5.74, 6) is -0.170. The zero-order chi connectivity index (χ0) is 14.8.